The molecule has 1 aromatic heterocycles. The van der Waals surface area contributed by atoms with Gasteiger partial charge in [-0.2, -0.15) is 0 Å². The second-order valence-electron chi connectivity index (χ2n) is 6.20. The molecule has 0 bridgehead atoms. The number of carboxylic acid groups (broad SMARTS) is 1. The first-order valence-corrected chi connectivity index (χ1v) is 7.96. The van der Waals surface area contributed by atoms with Crippen LogP contribution in [0.5, 0.6) is 0 Å². The Morgan fingerprint density at radius 2 is 1.92 bits per heavy atom. The molecule has 0 aliphatic carbocycles. The third kappa shape index (κ3) is 4.44. The van der Waals surface area contributed by atoms with Crippen molar-refractivity contribution < 1.29 is 14.7 Å². The van der Waals surface area contributed by atoms with Crippen LogP contribution in [-0.2, 0) is 16.1 Å². The molecule has 0 spiro atoms. The summed E-state index contributed by atoms with van der Waals surface area (Å²) in [4.78, 5) is 36.9. The largest absolute Gasteiger partial charge is 0.481 e. The molecule has 1 heterocycles. The number of carbonyl (C=O) groups is 2. The van der Waals surface area contributed by atoms with Crippen molar-refractivity contribution in [3.8, 4) is 0 Å². The number of aliphatic carboxylic acids is 1. The highest BCUT2D eigenvalue weighted by Gasteiger charge is 2.17. The molecule has 1 amide bonds. The number of fused-ring (bicyclic) bond motifs is 1. The molecule has 0 atom stereocenters. The number of nitrogens with zero attached hydrogens (tertiary/aromatic N) is 2. The molecule has 6 nitrogen and oxygen atoms in total. The van der Waals surface area contributed by atoms with Crippen molar-refractivity contribution in [3.05, 3.63) is 46.8 Å². The summed E-state index contributed by atoms with van der Waals surface area (Å²) in [5.74, 6) is -0.836. The van der Waals surface area contributed by atoms with Crippen molar-refractivity contribution in [1.82, 2.24) is 9.47 Å². The maximum Gasteiger partial charge on any atom is 0.305 e. The van der Waals surface area contributed by atoms with Gasteiger partial charge in [-0.05, 0) is 18.1 Å². The summed E-state index contributed by atoms with van der Waals surface area (Å²) >= 11 is 0. The van der Waals surface area contributed by atoms with E-state index in [0.717, 1.165) is 0 Å². The number of carboxylic acids is 1. The van der Waals surface area contributed by atoms with Crippen molar-refractivity contribution in [2.75, 3.05) is 13.1 Å². The van der Waals surface area contributed by atoms with Crippen molar-refractivity contribution in [1.29, 1.82) is 0 Å². The van der Waals surface area contributed by atoms with Crippen LogP contribution in [0.2, 0.25) is 0 Å². The van der Waals surface area contributed by atoms with Crippen LogP contribution in [-0.4, -0.2) is 39.5 Å². The zero-order chi connectivity index (χ0) is 17.7. The lowest BCUT2D eigenvalue weighted by atomic mass is 10.2. The zero-order valence-corrected chi connectivity index (χ0v) is 13.9. The summed E-state index contributed by atoms with van der Waals surface area (Å²) < 4.78 is 1.73. The molecule has 1 N–H and O–H groups in total. The molecule has 2 aromatic rings. The molecule has 0 fully saturated rings. The standard InChI is InChI=1S/C18H22N2O4/c1-13(2)11-20(10-8-18(23)24)17(22)12-19-9-7-16(21)14-5-3-4-6-15(14)19/h3-7,9,13H,8,10-12H2,1-2H3,(H,23,24). The van der Waals surface area contributed by atoms with E-state index in [1.165, 1.54) is 6.07 Å². The molecule has 0 saturated carbocycles. The molecule has 0 saturated heterocycles. The number of hydrogen-bond donors (Lipinski definition) is 1. The Labute approximate surface area is 140 Å². The third-order valence-corrected chi connectivity index (χ3v) is 3.72. The van der Waals surface area contributed by atoms with Gasteiger partial charge in [0, 0.05) is 30.7 Å². The Morgan fingerprint density at radius 3 is 2.58 bits per heavy atom. The Balaban J connectivity index is 2.24. The predicted octanol–water partition coefficient (Wildman–Crippen LogP) is 1.96. The van der Waals surface area contributed by atoms with E-state index in [1.807, 2.05) is 19.9 Å². The number of rotatable bonds is 7. The van der Waals surface area contributed by atoms with Gasteiger partial charge in [0.05, 0.1) is 11.9 Å². The van der Waals surface area contributed by atoms with Crippen molar-refractivity contribution in [3.63, 3.8) is 0 Å². The first kappa shape index (κ1) is 17.7. The van der Waals surface area contributed by atoms with Gasteiger partial charge < -0.3 is 14.6 Å². The average molecular weight is 330 g/mol. The fourth-order valence-electron chi connectivity index (χ4n) is 2.63. The van der Waals surface area contributed by atoms with Gasteiger partial charge in [-0.25, -0.2) is 0 Å². The minimum atomic E-state index is -0.926. The number of carbonyl (C=O) groups excluding carboxylic acids is 1. The predicted molar refractivity (Wildman–Crippen MR) is 91.9 cm³/mol. The molecular formula is C18H22N2O4. The zero-order valence-electron chi connectivity index (χ0n) is 13.9. The molecule has 1 aromatic carbocycles. The number of amides is 1. The normalized spacial score (nSPS) is 11.0. The highest BCUT2D eigenvalue weighted by Crippen LogP contribution is 2.11. The van der Waals surface area contributed by atoms with E-state index in [1.54, 1.807) is 33.9 Å². The lowest BCUT2D eigenvalue weighted by Gasteiger charge is -2.25. The summed E-state index contributed by atoms with van der Waals surface area (Å²) in [5.41, 5.74) is 0.611. The monoisotopic (exact) mass is 330 g/mol. The van der Waals surface area contributed by atoms with Gasteiger partial charge in [-0.3, -0.25) is 14.4 Å². The van der Waals surface area contributed by atoms with Gasteiger partial charge >= 0.3 is 5.97 Å². The smallest absolute Gasteiger partial charge is 0.305 e. The van der Waals surface area contributed by atoms with Crippen LogP contribution in [0.1, 0.15) is 20.3 Å². The Bertz CT molecular complexity index is 795. The summed E-state index contributed by atoms with van der Waals surface area (Å²) in [6.07, 6.45) is 1.52. The number of benzene rings is 1. The molecule has 0 radical (unpaired) electrons. The van der Waals surface area contributed by atoms with Gasteiger partial charge in [0.15, 0.2) is 5.43 Å². The van der Waals surface area contributed by atoms with Crippen molar-refractivity contribution in [2.45, 2.75) is 26.8 Å². The lowest BCUT2D eigenvalue weighted by molar-refractivity contribution is -0.138. The molecular weight excluding hydrogens is 308 g/mol. The maximum absolute atomic E-state index is 12.6. The minimum absolute atomic E-state index is 0.0765. The average Bonchev–Trinajstić information content (AvgIpc) is 2.53. The van der Waals surface area contributed by atoms with Crippen LogP contribution in [0.15, 0.2) is 41.3 Å². The quantitative estimate of drug-likeness (QED) is 0.841. The van der Waals surface area contributed by atoms with E-state index in [4.69, 9.17) is 5.11 Å². The SMILES string of the molecule is CC(C)CN(CCC(=O)O)C(=O)Cn1ccc(=O)c2ccccc21. The van der Waals surface area contributed by atoms with Gasteiger partial charge in [-0.15, -0.1) is 0 Å². The number of para-hydroxylation sites is 1. The number of aromatic nitrogens is 1. The van der Waals surface area contributed by atoms with Crippen LogP contribution in [0.3, 0.4) is 0 Å². The second-order valence-corrected chi connectivity index (χ2v) is 6.20. The van der Waals surface area contributed by atoms with Gasteiger partial charge in [0.2, 0.25) is 5.91 Å². The molecule has 0 unspecified atom stereocenters. The molecule has 2 rings (SSSR count). The lowest BCUT2D eigenvalue weighted by Crippen LogP contribution is -2.38. The first-order valence-electron chi connectivity index (χ1n) is 7.96. The fourth-order valence-corrected chi connectivity index (χ4v) is 2.63. The number of pyridine rings is 1. The summed E-state index contributed by atoms with van der Waals surface area (Å²) in [7, 11) is 0. The van der Waals surface area contributed by atoms with E-state index >= 15 is 0 Å². The highest BCUT2D eigenvalue weighted by atomic mass is 16.4. The highest BCUT2D eigenvalue weighted by molar-refractivity contribution is 5.82. The van der Waals surface area contributed by atoms with Crippen molar-refractivity contribution in [2.24, 2.45) is 5.92 Å². The Morgan fingerprint density at radius 1 is 1.21 bits per heavy atom. The summed E-state index contributed by atoms with van der Waals surface area (Å²) in [6.45, 7) is 4.73. The molecule has 0 aliphatic rings. The van der Waals surface area contributed by atoms with Crippen LogP contribution in [0, 0.1) is 5.92 Å². The minimum Gasteiger partial charge on any atom is -0.481 e. The summed E-state index contributed by atoms with van der Waals surface area (Å²) in [5, 5.41) is 9.43. The van der Waals surface area contributed by atoms with Gasteiger partial charge in [0.25, 0.3) is 0 Å². The van der Waals surface area contributed by atoms with E-state index in [-0.39, 0.29) is 36.8 Å². The number of hydrogen-bond acceptors (Lipinski definition) is 3. The fraction of sp³-hybridized carbons (Fsp3) is 0.389. The Hall–Kier alpha value is -2.63. The molecule has 0 aliphatic heterocycles. The Kier molecular flexibility index (Phi) is 5.73. The van der Waals surface area contributed by atoms with Crippen LogP contribution in [0.4, 0.5) is 0 Å². The van der Waals surface area contributed by atoms with Crippen LogP contribution >= 0.6 is 0 Å². The van der Waals surface area contributed by atoms with Crippen LogP contribution < -0.4 is 5.43 Å². The van der Waals surface area contributed by atoms with Crippen LogP contribution in [0.25, 0.3) is 10.9 Å². The molecule has 24 heavy (non-hydrogen) atoms. The third-order valence-electron chi connectivity index (χ3n) is 3.72. The van der Waals surface area contributed by atoms with Gasteiger partial charge in [0.1, 0.15) is 6.54 Å². The van der Waals surface area contributed by atoms with E-state index < -0.39 is 5.97 Å². The maximum atomic E-state index is 12.6. The van der Waals surface area contributed by atoms with Gasteiger partial charge in [-0.1, -0.05) is 26.0 Å². The van der Waals surface area contributed by atoms with E-state index in [0.29, 0.717) is 17.4 Å². The first-order chi connectivity index (χ1) is 11.4. The topological polar surface area (TPSA) is 79.6 Å². The van der Waals surface area contributed by atoms with E-state index in [2.05, 4.69) is 0 Å². The summed E-state index contributed by atoms with van der Waals surface area (Å²) in [6, 6.07) is 8.58. The second kappa shape index (κ2) is 7.77. The molecule has 6 heteroatoms. The van der Waals surface area contributed by atoms with Crippen molar-refractivity contribution >= 4 is 22.8 Å². The van der Waals surface area contributed by atoms with E-state index in [9.17, 15) is 14.4 Å². The molecule has 128 valence electrons.